The number of imidazole rings is 1. The van der Waals surface area contributed by atoms with Gasteiger partial charge in [0, 0.05) is 6.20 Å². The molecule has 0 spiro atoms. The summed E-state index contributed by atoms with van der Waals surface area (Å²) >= 11 is 4.72. The van der Waals surface area contributed by atoms with Crippen molar-refractivity contribution in [3.8, 4) is 0 Å². The molecule has 2 N–H and O–H groups in total. The molecular formula is C3H5BN2S. The van der Waals surface area contributed by atoms with E-state index in [2.05, 4.69) is 9.97 Å². The molecular weight excluding hydrogens is 107 g/mol. The van der Waals surface area contributed by atoms with E-state index in [4.69, 9.17) is 12.2 Å². The average molecular weight is 112 g/mol. The van der Waals surface area contributed by atoms with E-state index in [1.54, 1.807) is 0 Å². The highest BCUT2D eigenvalue weighted by molar-refractivity contribution is 7.71. The second-order valence-electron chi connectivity index (χ2n) is 1.43. The van der Waals surface area contributed by atoms with Crippen LogP contribution in [0.4, 0.5) is 0 Å². The lowest BCUT2D eigenvalue weighted by atomic mass is 10.1. The Morgan fingerprint density at radius 1 is 1.71 bits per heavy atom. The predicted molar refractivity (Wildman–Crippen MR) is 34.2 cm³/mol. The van der Waals surface area contributed by atoms with Crippen molar-refractivity contribution in [1.29, 1.82) is 0 Å². The monoisotopic (exact) mass is 112 g/mol. The van der Waals surface area contributed by atoms with E-state index in [-0.39, 0.29) is 0 Å². The minimum absolute atomic E-state index is 0.692. The summed E-state index contributed by atoms with van der Waals surface area (Å²) < 4.78 is 0.692. The summed E-state index contributed by atoms with van der Waals surface area (Å²) in [6.07, 6.45) is 1.84. The molecule has 0 bridgehead atoms. The van der Waals surface area contributed by atoms with Crippen molar-refractivity contribution in [2.45, 2.75) is 0 Å². The molecule has 36 valence electrons. The van der Waals surface area contributed by atoms with Gasteiger partial charge in [0.25, 0.3) is 0 Å². The highest BCUT2D eigenvalue weighted by Gasteiger charge is 1.78. The van der Waals surface area contributed by atoms with Gasteiger partial charge in [-0.3, -0.25) is 0 Å². The van der Waals surface area contributed by atoms with Crippen LogP contribution in [0.25, 0.3) is 0 Å². The largest absolute Gasteiger partial charge is 0.344 e. The Morgan fingerprint density at radius 3 is 2.57 bits per heavy atom. The fourth-order valence-electron chi connectivity index (χ4n) is 0.425. The Hall–Kier alpha value is -0.505. The van der Waals surface area contributed by atoms with Crippen LogP contribution >= 0.6 is 12.2 Å². The van der Waals surface area contributed by atoms with Crippen LogP contribution in [-0.4, -0.2) is 17.8 Å². The number of rotatable bonds is 0. The van der Waals surface area contributed by atoms with Crippen LogP contribution in [0.1, 0.15) is 0 Å². The van der Waals surface area contributed by atoms with Gasteiger partial charge in [-0.1, -0.05) is 0 Å². The van der Waals surface area contributed by atoms with Gasteiger partial charge in [-0.25, -0.2) is 0 Å². The molecule has 0 aliphatic carbocycles. The quantitative estimate of drug-likeness (QED) is 0.338. The van der Waals surface area contributed by atoms with E-state index in [9.17, 15) is 0 Å². The van der Waals surface area contributed by atoms with Crippen molar-refractivity contribution < 1.29 is 0 Å². The standard InChI is InChI=1S/C3H5BN2S/c4-2-1-5-3(7)6-2/h1H,4H2,(H2,5,6,7). The van der Waals surface area contributed by atoms with Gasteiger partial charge in [-0.05, 0) is 17.8 Å². The summed E-state index contributed by atoms with van der Waals surface area (Å²) in [5, 5.41) is 0. The lowest BCUT2D eigenvalue weighted by Gasteiger charge is -1.68. The van der Waals surface area contributed by atoms with Crippen LogP contribution in [-0.2, 0) is 0 Å². The summed E-state index contributed by atoms with van der Waals surface area (Å²) in [4.78, 5) is 5.73. The van der Waals surface area contributed by atoms with Gasteiger partial charge in [0.1, 0.15) is 0 Å². The normalized spacial score (nSPS) is 9.14. The highest BCUT2D eigenvalue weighted by Crippen LogP contribution is 1.69. The van der Waals surface area contributed by atoms with Gasteiger partial charge in [-0.2, -0.15) is 0 Å². The Morgan fingerprint density at radius 2 is 2.43 bits per heavy atom. The zero-order valence-corrected chi connectivity index (χ0v) is 4.80. The number of nitrogens with one attached hydrogen (secondary N) is 2. The first-order valence-corrected chi connectivity index (χ1v) is 2.44. The first-order chi connectivity index (χ1) is 3.29. The Labute approximate surface area is 47.4 Å². The number of aromatic nitrogens is 2. The van der Waals surface area contributed by atoms with E-state index in [1.807, 2.05) is 14.0 Å². The molecule has 1 aromatic heterocycles. The van der Waals surface area contributed by atoms with Crippen molar-refractivity contribution in [2.75, 3.05) is 0 Å². The van der Waals surface area contributed by atoms with Gasteiger partial charge < -0.3 is 9.97 Å². The number of aromatic amines is 2. The number of hydrogen-bond donors (Lipinski definition) is 2. The van der Waals surface area contributed by atoms with Crippen LogP contribution in [0.5, 0.6) is 0 Å². The lowest BCUT2D eigenvalue weighted by molar-refractivity contribution is 1.28. The zero-order valence-electron chi connectivity index (χ0n) is 3.99. The maximum Gasteiger partial charge on any atom is 0.173 e. The molecule has 0 aromatic carbocycles. The molecule has 0 amide bonds. The number of H-pyrrole nitrogens is 2. The Kier molecular flexibility index (Phi) is 1.02. The van der Waals surface area contributed by atoms with E-state index >= 15 is 0 Å². The molecule has 1 heterocycles. The SMILES string of the molecule is Bc1c[nH]c(=S)[nH]1. The molecule has 0 unspecified atom stereocenters. The van der Waals surface area contributed by atoms with Crippen molar-refractivity contribution in [3.05, 3.63) is 11.0 Å². The topological polar surface area (TPSA) is 31.6 Å². The van der Waals surface area contributed by atoms with E-state index in [0.717, 1.165) is 5.59 Å². The lowest BCUT2D eigenvalue weighted by Crippen LogP contribution is -1.99. The molecule has 0 saturated heterocycles. The third-order valence-corrected chi connectivity index (χ3v) is 0.950. The third kappa shape index (κ3) is 0.930. The molecule has 0 radical (unpaired) electrons. The molecule has 2 nitrogen and oxygen atoms in total. The van der Waals surface area contributed by atoms with Crippen LogP contribution < -0.4 is 5.59 Å². The molecule has 0 aliphatic heterocycles. The smallest absolute Gasteiger partial charge is 0.173 e. The Bertz CT molecular complexity index is 201. The molecule has 0 fully saturated rings. The van der Waals surface area contributed by atoms with Crippen molar-refractivity contribution >= 4 is 25.7 Å². The molecule has 1 rings (SSSR count). The van der Waals surface area contributed by atoms with Gasteiger partial charge in [0.05, 0.1) is 0 Å². The average Bonchev–Trinajstić information content (AvgIpc) is 1.87. The maximum atomic E-state index is 4.72. The van der Waals surface area contributed by atoms with Crippen LogP contribution in [0.2, 0.25) is 0 Å². The van der Waals surface area contributed by atoms with Crippen molar-refractivity contribution in [3.63, 3.8) is 0 Å². The molecule has 4 heteroatoms. The van der Waals surface area contributed by atoms with Gasteiger partial charge in [-0.15, -0.1) is 0 Å². The summed E-state index contributed by atoms with van der Waals surface area (Å²) in [6.45, 7) is 0. The second kappa shape index (κ2) is 1.54. The number of hydrogen-bond acceptors (Lipinski definition) is 1. The third-order valence-electron chi connectivity index (χ3n) is 0.730. The van der Waals surface area contributed by atoms with E-state index in [0.29, 0.717) is 4.77 Å². The van der Waals surface area contributed by atoms with Gasteiger partial charge in [0.15, 0.2) is 12.6 Å². The molecule has 0 aliphatic rings. The maximum absolute atomic E-state index is 4.72. The van der Waals surface area contributed by atoms with E-state index < -0.39 is 0 Å². The fourth-order valence-corrected chi connectivity index (χ4v) is 0.645. The molecule has 0 atom stereocenters. The summed E-state index contributed by atoms with van der Waals surface area (Å²) in [7, 11) is 1.95. The van der Waals surface area contributed by atoms with Crippen molar-refractivity contribution in [2.24, 2.45) is 0 Å². The first-order valence-electron chi connectivity index (χ1n) is 2.03. The van der Waals surface area contributed by atoms with Gasteiger partial charge >= 0.3 is 0 Å². The molecule has 7 heavy (non-hydrogen) atoms. The van der Waals surface area contributed by atoms with Crippen LogP contribution in [0.3, 0.4) is 0 Å². The predicted octanol–water partition coefficient (Wildman–Crippen LogP) is -0.669. The van der Waals surface area contributed by atoms with Crippen molar-refractivity contribution in [1.82, 2.24) is 9.97 Å². The minimum Gasteiger partial charge on any atom is -0.344 e. The Balaban J connectivity index is 3.30. The second-order valence-corrected chi connectivity index (χ2v) is 1.83. The van der Waals surface area contributed by atoms with E-state index in [1.165, 1.54) is 0 Å². The first kappa shape index (κ1) is 4.65. The molecule has 1 aromatic rings. The summed E-state index contributed by atoms with van der Waals surface area (Å²) in [5.74, 6) is 0. The fraction of sp³-hybridized carbons (Fsp3) is 0. The summed E-state index contributed by atoms with van der Waals surface area (Å²) in [6, 6.07) is 0. The zero-order chi connectivity index (χ0) is 5.28. The summed E-state index contributed by atoms with van der Waals surface area (Å²) in [5.41, 5.74) is 1.07. The minimum atomic E-state index is 0.692. The highest BCUT2D eigenvalue weighted by atomic mass is 32.1. The van der Waals surface area contributed by atoms with Crippen LogP contribution in [0, 0.1) is 4.77 Å². The molecule has 0 saturated carbocycles. The van der Waals surface area contributed by atoms with Gasteiger partial charge in [0.2, 0.25) is 0 Å². The van der Waals surface area contributed by atoms with Crippen LogP contribution in [0.15, 0.2) is 6.20 Å².